The molecule has 0 spiro atoms. The summed E-state index contributed by atoms with van der Waals surface area (Å²) in [6.07, 6.45) is 2.40. The number of hydrogen-bond donors (Lipinski definition) is 1. The first-order chi connectivity index (χ1) is 12.0. The number of ether oxygens (including phenoxy) is 1. The number of carbonyl (C=O) groups excluding carboxylic acids is 1. The zero-order valence-corrected chi connectivity index (χ0v) is 16.0. The molecule has 138 valence electrons. The van der Waals surface area contributed by atoms with Crippen LogP contribution in [-0.4, -0.2) is 68.7 Å². The second-order valence-electron chi connectivity index (χ2n) is 7.46. The third-order valence-electron chi connectivity index (χ3n) is 5.69. The number of hydrogen-bond acceptors (Lipinski definition) is 4. The molecule has 25 heavy (non-hydrogen) atoms. The van der Waals surface area contributed by atoms with E-state index in [0.717, 1.165) is 31.6 Å². The second kappa shape index (κ2) is 7.94. The van der Waals surface area contributed by atoms with Crippen molar-refractivity contribution < 1.29 is 9.53 Å². The van der Waals surface area contributed by atoms with Crippen LogP contribution in [0.15, 0.2) is 24.3 Å². The normalized spacial score (nSPS) is 28.9. The molecule has 5 nitrogen and oxygen atoms in total. The van der Waals surface area contributed by atoms with Crippen LogP contribution in [0.5, 0.6) is 0 Å². The largest absolute Gasteiger partial charge is 0.380 e. The molecule has 6 heteroatoms. The molecule has 1 N–H and O–H groups in total. The molecule has 2 fully saturated rings. The average molecular weight is 366 g/mol. The highest BCUT2D eigenvalue weighted by molar-refractivity contribution is 6.30. The first-order valence-corrected chi connectivity index (χ1v) is 9.32. The number of nitrogens with one attached hydrogen (secondary N) is 1. The smallest absolute Gasteiger partial charge is 0.241 e. The lowest BCUT2D eigenvalue weighted by Gasteiger charge is -2.40. The fourth-order valence-corrected chi connectivity index (χ4v) is 4.37. The summed E-state index contributed by atoms with van der Waals surface area (Å²) in [6.45, 7) is 2.05. The summed E-state index contributed by atoms with van der Waals surface area (Å²) in [4.78, 5) is 16.9. The van der Waals surface area contributed by atoms with Crippen molar-refractivity contribution in [2.45, 2.75) is 25.0 Å². The maximum Gasteiger partial charge on any atom is 0.241 e. The number of likely N-dealkylation sites (tertiary alicyclic amines) is 1. The van der Waals surface area contributed by atoms with Gasteiger partial charge in [0, 0.05) is 37.0 Å². The Morgan fingerprint density at radius 2 is 1.88 bits per heavy atom. The van der Waals surface area contributed by atoms with Crippen molar-refractivity contribution in [3.8, 4) is 0 Å². The van der Waals surface area contributed by atoms with Gasteiger partial charge in [-0.3, -0.25) is 4.79 Å². The number of amides is 1. The van der Waals surface area contributed by atoms with E-state index in [1.165, 1.54) is 0 Å². The maximum atomic E-state index is 12.6. The molecule has 4 atom stereocenters. The fraction of sp³-hybridized carbons (Fsp3) is 0.632. The standard InChI is InChI=1S/C19H28ClN3O2/c1-22(2)17-8-13-11-23(12-14(13)9-18(17)25-3)19(24)10-21-16-6-4-15(20)5-7-16/h4-7,13-14,17-18,21H,8-12H2,1-3H3/t13-,14+,17-,18-/m1/s1. The summed E-state index contributed by atoms with van der Waals surface area (Å²) in [5.41, 5.74) is 0.918. The Kier molecular flexibility index (Phi) is 5.87. The van der Waals surface area contributed by atoms with Gasteiger partial charge in [0.1, 0.15) is 0 Å². The highest BCUT2D eigenvalue weighted by Crippen LogP contribution is 2.38. The lowest BCUT2D eigenvalue weighted by molar-refractivity contribution is -0.128. The predicted octanol–water partition coefficient (Wildman–Crippen LogP) is 2.57. The van der Waals surface area contributed by atoms with Crippen LogP contribution in [0.2, 0.25) is 5.02 Å². The number of methoxy groups -OCH3 is 1. The van der Waals surface area contributed by atoms with Crippen molar-refractivity contribution in [1.29, 1.82) is 0 Å². The third-order valence-corrected chi connectivity index (χ3v) is 5.94. The zero-order valence-electron chi connectivity index (χ0n) is 15.2. The summed E-state index contributed by atoms with van der Waals surface area (Å²) in [5, 5.41) is 3.89. The van der Waals surface area contributed by atoms with E-state index in [0.29, 0.717) is 29.4 Å². The lowest BCUT2D eigenvalue weighted by Crippen LogP contribution is -2.47. The summed E-state index contributed by atoms with van der Waals surface area (Å²) >= 11 is 5.89. The number of benzene rings is 1. The number of carbonyl (C=O) groups is 1. The molecule has 1 saturated heterocycles. The van der Waals surface area contributed by atoms with Crippen molar-refractivity contribution in [3.05, 3.63) is 29.3 Å². The molecule has 3 rings (SSSR count). The van der Waals surface area contributed by atoms with Gasteiger partial charge in [0.05, 0.1) is 12.6 Å². The van der Waals surface area contributed by atoms with Crippen molar-refractivity contribution >= 4 is 23.2 Å². The van der Waals surface area contributed by atoms with E-state index in [2.05, 4.69) is 24.3 Å². The van der Waals surface area contributed by atoms with E-state index in [1.807, 2.05) is 29.2 Å². The Labute approximate surface area is 155 Å². The van der Waals surface area contributed by atoms with Gasteiger partial charge in [-0.05, 0) is 63.0 Å². The van der Waals surface area contributed by atoms with E-state index in [9.17, 15) is 4.79 Å². The van der Waals surface area contributed by atoms with Crippen LogP contribution in [0.3, 0.4) is 0 Å². The number of likely N-dealkylation sites (N-methyl/N-ethyl adjacent to an activating group) is 1. The monoisotopic (exact) mass is 365 g/mol. The van der Waals surface area contributed by atoms with Crippen LogP contribution in [0, 0.1) is 11.8 Å². The van der Waals surface area contributed by atoms with Crippen LogP contribution < -0.4 is 5.32 Å². The lowest BCUT2D eigenvalue weighted by atomic mass is 9.77. The van der Waals surface area contributed by atoms with Gasteiger partial charge in [-0.15, -0.1) is 0 Å². The first kappa shape index (κ1) is 18.5. The molecule has 1 saturated carbocycles. The second-order valence-corrected chi connectivity index (χ2v) is 7.89. The minimum Gasteiger partial charge on any atom is -0.380 e. The number of rotatable bonds is 5. The van der Waals surface area contributed by atoms with Crippen LogP contribution >= 0.6 is 11.6 Å². The molecule has 0 unspecified atom stereocenters. The van der Waals surface area contributed by atoms with Crippen molar-refractivity contribution in [1.82, 2.24) is 9.80 Å². The van der Waals surface area contributed by atoms with Crippen molar-refractivity contribution in [2.75, 3.05) is 46.2 Å². The molecule has 1 aromatic rings. The van der Waals surface area contributed by atoms with Gasteiger partial charge in [-0.25, -0.2) is 0 Å². The predicted molar refractivity (Wildman–Crippen MR) is 101 cm³/mol. The van der Waals surface area contributed by atoms with Gasteiger partial charge < -0.3 is 19.9 Å². The van der Waals surface area contributed by atoms with Crippen LogP contribution in [0.4, 0.5) is 5.69 Å². The Morgan fingerprint density at radius 1 is 1.24 bits per heavy atom. The average Bonchev–Trinajstić information content (AvgIpc) is 3.02. The molecule has 1 aliphatic carbocycles. The van der Waals surface area contributed by atoms with E-state index in [-0.39, 0.29) is 12.0 Å². The summed E-state index contributed by atoms with van der Waals surface area (Å²) < 4.78 is 5.72. The van der Waals surface area contributed by atoms with Gasteiger partial charge >= 0.3 is 0 Å². The summed E-state index contributed by atoms with van der Waals surface area (Å²) in [7, 11) is 6.03. The Hall–Kier alpha value is -1.30. The zero-order chi connectivity index (χ0) is 18.0. The minimum absolute atomic E-state index is 0.166. The molecule has 1 amide bonds. The molecule has 0 bridgehead atoms. The molecule has 0 aromatic heterocycles. The van der Waals surface area contributed by atoms with Crippen LogP contribution in [0.25, 0.3) is 0 Å². The Morgan fingerprint density at radius 3 is 2.48 bits per heavy atom. The maximum absolute atomic E-state index is 12.6. The fourth-order valence-electron chi connectivity index (χ4n) is 4.25. The summed E-state index contributed by atoms with van der Waals surface area (Å²) in [6, 6.07) is 7.87. The third kappa shape index (κ3) is 4.27. The summed E-state index contributed by atoms with van der Waals surface area (Å²) in [5.74, 6) is 1.30. The minimum atomic E-state index is 0.166. The van der Waals surface area contributed by atoms with Gasteiger partial charge in [-0.2, -0.15) is 0 Å². The van der Waals surface area contributed by atoms with Crippen molar-refractivity contribution in [3.63, 3.8) is 0 Å². The number of nitrogens with zero attached hydrogens (tertiary/aromatic N) is 2. The van der Waals surface area contributed by atoms with E-state index < -0.39 is 0 Å². The van der Waals surface area contributed by atoms with Gasteiger partial charge in [-0.1, -0.05) is 11.6 Å². The molecule has 1 heterocycles. The quantitative estimate of drug-likeness (QED) is 0.871. The highest BCUT2D eigenvalue weighted by Gasteiger charge is 2.44. The molecule has 1 aromatic carbocycles. The SMILES string of the molecule is CO[C@@H]1C[C@H]2CN(C(=O)CNc3ccc(Cl)cc3)C[C@H]2C[C@H]1N(C)C. The molecule has 1 aliphatic heterocycles. The number of fused-ring (bicyclic) bond motifs is 1. The first-order valence-electron chi connectivity index (χ1n) is 8.94. The highest BCUT2D eigenvalue weighted by atomic mass is 35.5. The van der Waals surface area contributed by atoms with E-state index >= 15 is 0 Å². The Balaban J connectivity index is 1.55. The molecule has 0 radical (unpaired) electrons. The topological polar surface area (TPSA) is 44.8 Å². The van der Waals surface area contributed by atoms with Gasteiger partial charge in [0.2, 0.25) is 5.91 Å². The van der Waals surface area contributed by atoms with Gasteiger partial charge in [0.25, 0.3) is 0 Å². The number of anilines is 1. The van der Waals surface area contributed by atoms with Crippen LogP contribution in [-0.2, 0) is 9.53 Å². The van der Waals surface area contributed by atoms with Crippen molar-refractivity contribution in [2.24, 2.45) is 11.8 Å². The van der Waals surface area contributed by atoms with E-state index in [1.54, 1.807) is 7.11 Å². The molecule has 2 aliphatic rings. The van der Waals surface area contributed by atoms with Gasteiger partial charge in [0.15, 0.2) is 0 Å². The van der Waals surface area contributed by atoms with Crippen LogP contribution in [0.1, 0.15) is 12.8 Å². The van der Waals surface area contributed by atoms with E-state index in [4.69, 9.17) is 16.3 Å². The Bertz CT molecular complexity index is 593. The molecular weight excluding hydrogens is 338 g/mol. The molecular formula is C19H28ClN3O2. The number of halogens is 1.